The Hall–Kier alpha value is -0.770. The summed E-state index contributed by atoms with van der Waals surface area (Å²) in [5, 5.41) is 9.00. The van der Waals surface area contributed by atoms with Gasteiger partial charge in [-0.05, 0) is 6.42 Å². The first-order valence-corrected chi connectivity index (χ1v) is 2.93. The summed E-state index contributed by atoms with van der Waals surface area (Å²) in [6, 6.07) is 0. The van der Waals surface area contributed by atoms with E-state index in [0.29, 0.717) is 6.54 Å². The second-order valence-electron chi connectivity index (χ2n) is 1.83. The Balaban J connectivity index is 3.27. The molecule has 0 aromatic heterocycles. The molecule has 54 valence electrons. The first kappa shape index (κ1) is 8.23. The highest BCUT2D eigenvalue weighted by Gasteiger charge is 2.02. The molecule has 9 heavy (non-hydrogen) atoms. The van der Waals surface area contributed by atoms with Crippen LogP contribution in [0.1, 0.15) is 19.8 Å². The summed E-state index contributed by atoms with van der Waals surface area (Å²) in [5.41, 5.74) is 0. The topological polar surface area (TPSA) is 66.6 Å². The van der Waals surface area contributed by atoms with Crippen LogP contribution in [-0.2, 0) is 0 Å². The lowest BCUT2D eigenvalue weighted by Gasteiger charge is -2.09. The van der Waals surface area contributed by atoms with Gasteiger partial charge in [0.25, 0.3) is 0 Å². The molecule has 0 aliphatic heterocycles. The van der Waals surface area contributed by atoms with E-state index in [9.17, 15) is 4.79 Å². The van der Waals surface area contributed by atoms with Gasteiger partial charge in [0.05, 0.1) is 0 Å². The Morgan fingerprint density at radius 1 is 1.78 bits per heavy atom. The third-order valence-electron chi connectivity index (χ3n) is 0.998. The van der Waals surface area contributed by atoms with Crippen molar-refractivity contribution in [1.29, 1.82) is 0 Å². The summed E-state index contributed by atoms with van der Waals surface area (Å²) in [6.45, 7) is 2.40. The number of rotatable bonds is 3. The summed E-state index contributed by atoms with van der Waals surface area (Å²) in [6.07, 6.45) is 0.715. The van der Waals surface area contributed by atoms with Crippen LogP contribution in [0.4, 0.5) is 4.79 Å². The van der Waals surface area contributed by atoms with E-state index in [1.807, 2.05) is 6.92 Å². The highest BCUT2D eigenvalue weighted by molar-refractivity contribution is 5.63. The van der Waals surface area contributed by atoms with Crippen LogP contribution in [0.2, 0.25) is 0 Å². The molecule has 4 heteroatoms. The minimum absolute atomic E-state index is 0.422. The average molecular weight is 132 g/mol. The van der Waals surface area contributed by atoms with E-state index in [2.05, 4.69) is 0 Å². The highest BCUT2D eigenvalue weighted by atomic mass is 16.4. The van der Waals surface area contributed by atoms with Gasteiger partial charge in [0.1, 0.15) is 0 Å². The highest BCUT2D eigenvalue weighted by Crippen LogP contribution is 1.88. The van der Waals surface area contributed by atoms with Gasteiger partial charge >= 0.3 is 6.09 Å². The maximum absolute atomic E-state index is 10.0. The lowest BCUT2D eigenvalue weighted by Crippen LogP contribution is -2.36. The first-order chi connectivity index (χ1) is 4.18. The first-order valence-electron chi connectivity index (χ1n) is 2.93. The SMILES string of the molecule is CCCCN(N)C(=O)O. The van der Waals surface area contributed by atoms with Crippen LogP contribution in [0.15, 0.2) is 0 Å². The molecule has 0 radical (unpaired) electrons. The quantitative estimate of drug-likeness (QED) is 0.336. The van der Waals surface area contributed by atoms with Gasteiger partial charge in [-0.15, -0.1) is 0 Å². The number of nitrogens with two attached hydrogens (primary N) is 1. The molecule has 0 rings (SSSR count). The predicted molar refractivity (Wildman–Crippen MR) is 33.8 cm³/mol. The zero-order valence-corrected chi connectivity index (χ0v) is 5.50. The Labute approximate surface area is 54.2 Å². The molecule has 0 saturated carbocycles. The summed E-state index contributed by atoms with van der Waals surface area (Å²) >= 11 is 0. The number of hydrogen-bond acceptors (Lipinski definition) is 2. The number of unbranched alkanes of at least 4 members (excludes halogenated alkanes) is 1. The second-order valence-corrected chi connectivity index (χ2v) is 1.83. The van der Waals surface area contributed by atoms with Crippen molar-refractivity contribution in [3.8, 4) is 0 Å². The minimum atomic E-state index is -1.07. The van der Waals surface area contributed by atoms with Crippen LogP contribution in [0, 0.1) is 0 Å². The Bertz CT molecular complexity index is 95.0. The van der Waals surface area contributed by atoms with Gasteiger partial charge in [-0.25, -0.2) is 15.6 Å². The standard InChI is InChI=1S/C5H12N2O2/c1-2-3-4-7(6)5(8)9/h2-4,6H2,1H3,(H,8,9). The summed E-state index contributed by atoms with van der Waals surface area (Å²) < 4.78 is 0. The maximum Gasteiger partial charge on any atom is 0.421 e. The van der Waals surface area contributed by atoms with Crippen molar-refractivity contribution >= 4 is 6.09 Å². The lowest BCUT2D eigenvalue weighted by molar-refractivity contribution is 0.145. The fraction of sp³-hybridized carbons (Fsp3) is 0.800. The molecule has 0 bridgehead atoms. The van der Waals surface area contributed by atoms with Gasteiger partial charge in [0.2, 0.25) is 0 Å². The zero-order chi connectivity index (χ0) is 7.28. The summed E-state index contributed by atoms with van der Waals surface area (Å²) in [4.78, 5) is 10.0. The molecule has 0 heterocycles. The molecule has 0 fully saturated rings. The third-order valence-corrected chi connectivity index (χ3v) is 0.998. The molecule has 1 amide bonds. The average Bonchev–Trinajstić information content (AvgIpc) is 1.82. The number of hydrogen-bond donors (Lipinski definition) is 2. The Kier molecular flexibility index (Phi) is 3.79. The van der Waals surface area contributed by atoms with Crippen LogP contribution in [0.25, 0.3) is 0 Å². The van der Waals surface area contributed by atoms with Crippen molar-refractivity contribution < 1.29 is 9.90 Å². The van der Waals surface area contributed by atoms with Crippen molar-refractivity contribution in [3.05, 3.63) is 0 Å². The van der Waals surface area contributed by atoms with Crippen molar-refractivity contribution in [2.24, 2.45) is 5.84 Å². The monoisotopic (exact) mass is 132 g/mol. The molecule has 3 N–H and O–H groups in total. The smallest absolute Gasteiger partial charge is 0.421 e. The van der Waals surface area contributed by atoms with Crippen molar-refractivity contribution in [1.82, 2.24) is 5.01 Å². The minimum Gasteiger partial charge on any atom is -0.464 e. The molecule has 0 aromatic carbocycles. The van der Waals surface area contributed by atoms with Crippen LogP contribution < -0.4 is 5.84 Å². The number of hydrazine groups is 1. The van der Waals surface area contributed by atoms with E-state index in [1.54, 1.807) is 0 Å². The van der Waals surface area contributed by atoms with Crippen LogP contribution >= 0.6 is 0 Å². The normalized spacial score (nSPS) is 9.11. The molecular weight excluding hydrogens is 120 g/mol. The van der Waals surface area contributed by atoms with Gasteiger partial charge in [-0.2, -0.15) is 0 Å². The molecule has 0 atom stereocenters. The number of carboxylic acid groups (broad SMARTS) is 1. The van der Waals surface area contributed by atoms with Crippen molar-refractivity contribution in [2.75, 3.05) is 6.54 Å². The fourth-order valence-electron chi connectivity index (χ4n) is 0.424. The van der Waals surface area contributed by atoms with Crippen LogP contribution in [0.5, 0.6) is 0 Å². The lowest BCUT2D eigenvalue weighted by atomic mass is 10.3. The zero-order valence-electron chi connectivity index (χ0n) is 5.50. The summed E-state index contributed by atoms with van der Waals surface area (Å²) in [5.74, 6) is 5.04. The Morgan fingerprint density at radius 3 is 2.67 bits per heavy atom. The molecular formula is C5H12N2O2. The third kappa shape index (κ3) is 3.78. The molecule has 0 saturated heterocycles. The van der Waals surface area contributed by atoms with Gasteiger partial charge in [0.15, 0.2) is 0 Å². The predicted octanol–water partition coefficient (Wildman–Crippen LogP) is 0.640. The van der Waals surface area contributed by atoms with Gasteiger partial charge < -0.3 is 5.11 Å². The maximum atomic E-state index is 10.0. The van der Waals surface area contributed by atoms with Crippen LogP contribution in [0.3, 0.4) is 0 Å². The van der Waals surface area contributed by atoms with E-state index in [-0.39, 0.29) is 0 Å². The Morgan fingerprint density at radius 2 is 2.33 bits per heavy atom. The van der Waals surface area contributed by atoms with E-state index < -0.39 is 6.09 Å². The molecule has 4 nitrogen and oxygen atoms in total. The van der Waals surface area contributed by atoms with E-state index >= 15 is 0 Å². The van der Waals surface area contributed by atoms with E-state index in [0.717, 1.165) is 17.9 Å². The van der Waals surface area contributed by atoms with E-state index in [4.69, 9.17) is 10.9 Å². The van der Waals surface area contributed by atoms with Crippen molar-refractivity contribution in [3.63, 3.8) is 0 Å². The second kappa shape index (κ2) is 4.14. The largest absolute Gasteiger partial charge is 0.464 e. The van der Waals surface area contributed by atoms with Gasteiger partial charge in [-0.3, -0.25) is 0 Å². The summed E-state index contributed by atoms with van der Waals surface area (Å²) in [7, 11) is 0. The molecule has 0 unspecified atom stereocenters. The van der Waals surface area contributed by atoms with Crippen LogP contribution in [-0.4, -0.2) is 22.8 Å². The van der Waals surface area contributed by atoms with Crippen molar-refractivity contribution in [2.45, 2.75) is 19.8 Å². The van der Waals surface area contributed by atoms with Gasteiger partial charge in [-0.1, -0.05) is 13.3 Å². The molecule has 0 spiro atoms. The van der Waals surface area contributed by atoms with E-state index in [1.165, 1.54) is 0 Å². The molecule has 0 aliphatic rings. The number of carbonyl (C=O) groups is 1. The number of nitrogens with zero attached hydrogens (tertiary/aromatic N) is 1. The molecule has 0 aromatic rings. The van der Waals surface area contributed by atoms with Gasteiger partial charge in [0, 0.05) is 6.54 Å². The fourth-order valence-corrected chi connectivity index (χ4v) is 0.424. The molecule has 0 aliphatic carbocycles. The number of amides is 1.